The first-order chi connectivity index (χ1) is 8.57. The Labute approximate surface area is 104 Å². The van der Waals surface area contributed by atoms with Gasteiger partial charge in [0.1, 0.15) is 5.76 Å². The van der Waals surface area contributed by atoms with Gasteiger partial charge in [-0.15, -0.1) is 0 Å². The highest BCUT2D eigenvalue weighted by Crippen LogP contribution is 2.40. The summed E-state index contributed by atoms with van der Waals surface area (Å²) in [4.78, 5) is 22.6. The Hall–Kier alpha value is -1.82. The van der Waals surface area contributed by atoms with Crippen molar-refractivity contribution in [1.82, 2.24) is 5.32 Å². The van der Waals surface area contributed by atoms with E-state index in [1.54, 1.807) is 6.07 Å². The van der Waals surface area contributed by atoms with E-state index in [4.69, 9.17) is 15.3 Å². The molecule has 0 atom stereocenters. The first kappa shape index (κ1) is 12.6. The fourth-order valence-corrected chi connectivity index (χ4v) is 2.07. The number of carboxylic acids is 1. The molecule has 98 valence electrons. The molecule has 1 aliphatic carbocycles. The predicted octanol–water partition coefficient (Wildman–Crippen LogP) is 0.723. The fraction of sp³-hybridized carbons (Fsp3) is 0.500. The van der Waals surface area contributed by atoms with Crippen molar-refractivity contribution in [3.63, 3.8) is 0 Å². The third-order valence-corrected chi connectivity index (χ3v) is 3.48. The van der Waals surface area contributed by atoms with Crippen molar-refractivity contribution in [3.05, 3.63) is 23.7 Å². The summed E-state index contributed by atoms with van der Waals surface area (Å²) < 4.78 is 5.05. The van der Waals surface area contributed by atoms with Crippen LogP contribution < -0.4 is 11.1 Å². The molecule has 6 heteroatoms. The van der Waals surface area contributed by atoms with Crippen molar-refractivity contribution < 1.29 is 19.1 Å². The van der Waals surface area contributed by atoms with Crippen LogP contribution in [-0.4, -0.2) is 23.5 Å². The minimum atomic E-state index is -1.12. The number of carbonyl (C=O) groups is 2. The summed E-state index contributed by atoms with van der Waals surface area (Å²) in [6, 6.07) is 2.91. The highest BCUT2D eigenvalue weighted by atomic mass is 16.4. The minimum absolute atomic E-state index is 0.0791. The highest BCUT2D eigenvalue weighted by molar-refractivity contribution is 5.84. The van der Waals surface area contributed by atoms with Crippen LogP contribution in [0.4, 0.5) is 0 Å². The molecule has 0 spiro atoms. The maximum absolute atomic E-state index is 11.9. The zero-order chi connectivity index (χ0) is 13.2. The van der Waals surface area contributed by atoms with Crippen molar-refractivity contribution in [2.45, 2.75) is 25.8 Å². The van der Waals surface area contributed by atoms with E-state index in [9.17, 15) is 9.59 Å². The topological polar surface area (TPSA) is 106 Å². The molecule has 2 rings (SSSR count). The lowest BCUT2D eigenvalue weighted by molar-refractivity contribution is -0.135. The van der Waals surface area contributed by atoms with Crippen LogP contribution in [0.1, 0.15) is 35.6 Å². The number of nitrogens with one attached hydrogen (secondary N) is 1. The summed E-state index contributed by atoms with van der Waals surface area (Å²) in [5.41, 5.74) is 5.19. The van der Waals surface area contributed by atoms with E-state index >= 15 is 0 Å². The second-order valence-corrected chi connectivity index (χ2v) is 4.59. The van der Waals surface area contributed by atoms with Crippen LogP contribution in [0.2, 0.25) is 0 Å². The Bertz CT molecular complexity index is 457. The van der Waals surface area contributed by atoms with E-state index < -0.39 is 11.4 Å². The van der Waals surface area contributed by atoms with Crippen molar-refractivity contribution >= 4 is 11.9 Å². The van der Waals surface area contributed by atoms with E-state index in [0.717, 1.165) is 19.3 Å². The van der Waals surface area contributed by atoms with E-state index in [1.165, 1.54) is 6.07 Å². The van der Waals surface area contributed by atoms with Gasteiger partial charge in [-0.2, -0.15) is 0 Å². The number of hydrogen-bond donors (Lipinski definition) is 3. The van der Waals surface area contributed by atoms with Crippen LogP contribution in [-0.2, 0) is 11.3 Å². The van der Waals surface area contributed by atoms with Crippen LogP contribution in [0.5, 0.6) is 0 Å². The SMILES string of the molecule is NCC1(C(=O)NCc2ccc(C(=O)O)o2)CCC1. The van der Waals surface area contributed by atoms with Gasteiger partial charge in [0.15, 0.2) is 0 Å². The van der Waals surface area contributed by atoms with Crippen molar-refractivity contribution in [2.75, 3.05) is 6.54 Å². The Balaban J connectivity index is 1.91. The molecule has 1 saturated carbocycles. The Kier molecular flexibility index (Phi) is 3.38. The normalized spacial score (nSPS) is 16.9. The van der Waals surface area contributed by atoms with Gasteiger partial charge in [-0.25, -0.2) is 4.79 Å². The summed E-state index contributed by atoms with van der Waals surface area (Å²) in [5.74, 6) is -0.904. The van der Waals surface area contributed by atoms with E-state index in [-0.39, 0.29) is 18.2 Å². The summed E-state index contributed by atoms with van der Waals surface area (Å²) in [5, 5.41) is 11.4. The fourth-order valence-electron chi connectivity index (χ4n) is 2.07. The molecule has 4 N–H and O–H groups in total. The maximum Gasteiger partial charge on any atom is 0.371 e. The Morgan fingerprint density at radius 1 is 1.44 bits per heavy atom. The smallest absolute Gasteiger partial charge is 0.371 e. The molecule has 1 fully saturated rings. The standard InChI is InChI=1S/C12H16N2O4/c13-7-12(4-1-5-12)11(17)14-6-8-2-3-9(18-8)10(15)16/h2-3H,1,4-7,13H2,(H,14,17)(H,15,16). The molecular formula is C12H16N2O4. The second kappa shape index (κ2) is 4.81. The molecule has 1 aliphatic rings. The molecule has 1 amide bonds. The largest absolute Gasteiger partial charge is 0.475 e. The third kappa shape index (κ3) is 2.24. The summed E-state index contributed by atoms with van der Waals surface area (Å²) >= 11 is 0. The lowest BCUT2D eigenvalue weighted by Gasteiger charge is -2.38. The zero-order valence-corrected chi connectivity index (χ0v) is 9.94. The van der Waals surface area contributed by atoms with Crippen LogP contribution in [0, 0.1) is 5.41 Å². The lowest BCUT2D eigenvalue weighted by atomic mass is 9.68. The van der Waals surface area contributed by atoms with Crippen LogP contribution in [0.3, 0.4) is 0 Å². The van der Waals surface area contributed by atoms with Gasteiger partial charge >= 0.3 is 5.97 Å². The first-order valence-electron chi connectivity index (χ1n) is 5.88. The number of carbonyl (C=O) groups excluding carboxylic acids is 1. The molecule has 0 saturated heterocycles. The molecule has 0 bridgehead atoms. The molecule has 0 unspecified atom stereocenters. The average Bonchev–Trinajstić information content (AvgIpc) is 2.74. The lowest BCUT2D eigenvalue weighted by Crippen LogP contribution is -2.50. The predicted molar refractivity (Wildman–Crippen MR) is 62.9 cm³/mol. The van der Waals surface area contributed by atoms with E-state index in [1.807, 2.05) is 0 Å². The molecule has 0 aromatic carbocycles. The number of nitrogens with two attached hydrogens (primary N) is 1. The first-order valence-corrected chi connectivity index (χ1v) is 5.88. The van der Waals surface area contributed by atoms with Gasteiger partial charge < -0.3 is 20.6 Å². The van der Waals surface area contributed by atoms with Gasteiger partial charge in [0.25, 0.3) is 0 Å². The summed E-state index contributed by atoms with van der Waals surface area (Å²) in [6.45, 7) is 0.533. The van der Waals surface area contributed by atoms with Gasteiger partial charge in [0.2, 0.25) is 11.7 Å². The van der Waals surface area contributed by atoms with Gasteiger partial charge in [0.05, 0.1) is 12.0 Å². The number of furan rings is 1. The monoisotopic (exact) mass is 252 g/mol. The van der Waals surface area contributed by atoms with E-state index in [0.29, 0.717) is 12.3 Å². The molecular weight excluding hydrogens is 236 g/mol. The van der Waals surface area contributed by atoms with Crippen LogP contribution in [0.15, 0.2) is 16.5 Å². The number of amides is 1. The maximum atomic E-state index is 11.9. The van der Waals surface area contributed by atoms with Gasteiger partial charge in [-0.3, -0.25) is 4.79 Å². The molecule has 6 nitrogen and oxygen atoms in total. The average molecular weight is 252 g/mol. The summed E-state index contributed by atoms with van der Waals surface area (Å²) in [6.07, 6.45) is 2.65. The number of aromatic carboxylic acids is 1. The number of carboxylic acid groups (broad SMARTS) is 1. The molecule has 1 aromatic heterocycles. The third-order valence-electron chi connectivity index (χ3n) is 3.48. The minimum Gasteiger partial charge on any atom is -0.475 e. The van der Waals surface area contributed by atoms with Crippen LogP contribution in [0.25, 0.3) is 0 Å². The van der Waals surface area contributed by atoms with Crippen molar-refractivity contribution in [1.29, 1.82) is 0 Å². The highest BCUT2D eigenvalue weighted by Gasteiger charge is 2.42. The second-order valence-electron chi connectivity index (χ2n) is 4.59. The molecule has 0 radical (unpaired) electrons. The molecule has 1 aromatic rings. The molecule has 0 aliphatic heterocycles. The summed E-state index contributed by atoms with van der Waals surface area (Å²) in [7, 11) is 0. The van der Waals surface area contributed by atoms with Crippen molar-refractivity contribution in [3.8, 4) is 0 Å². The van der Waals surface area contributed by atoms with Gasteiger partial charge in [-0.1, -0.05) is 6.42 Å². The number of rotatable bonds is 5. The molecule has 18 heavy (non-hydrogen) atoms. The molecule has 1 heterocycles. The van der Waals surface area contributed by atoms with E-state index in [2.05, 4.69) is 5.32 Å². The van der Waals surface area contributed by atoms with Crippen LogP contribution >= 0.6 is 0 Å². The Morgan fingerprint density at radius 2 is 2.17 bits per heavy atom. The van der Waals surface area contributed by atoms with Crippen molar-refractivity contribution in [2.24, 2.45) is 11.1 Å². The number of hydrogen-bond acceptors (Lipinski definition) is 4. The van der Waals surface area contributed by atoms with Gasteiger partial charge in [-0.05, 0) is 25.0 Å². The van der Waals surface area contributed by atoms with Gasteiger partial charge in [0, 0.05) is 6.54 Å². The zero-order valence-electron chi connectivity index (χ0n) is 9.94. The quantitative estimate of drug-likeness (QED) is 0.716. The Morgan fingerprint density at radius 3 is 2.61 bits per heavy atom.